The zero-order valence-electron chi connectivity index (χ0n) is 11.9. The molecule has 0 fully saturated rings. The van der Waals surface area contributed by atoms with Crippen LogP contribution in [0.3, 0.4) is 0 Å². The van der Waals surface area contributed by atoms with Gasteiger partial charge in [0.05, 0.1) is 16.5 Å². The van der Waals surface area contributed by atoms with E-state index in [2.05, 4.69) is 26.3 Å². The lowest BCUT2D eigenvalue weighted by molar-refractivity contribution is -0.117. The van der Waals surface area contributed by atoms with Crippen molar-refractivity contribution in [3.8, 4) is 0 Å². The van der Waals surface area contributed by atoms with Crippen molar-refractivity contribution in [1.29, 1.82) is 0 Å². The fraction of sp³-hybridized carbons (Fsp3) is 0.0625. The molecule has 0 saturated heterocycles. The van der Waals surface area contributed by atoms with Gasteiger partial charge in [0.15, 0.2) is 0 Å². The minimum atomic E-state index is -0.414. The second-order valence-corrected chi connectivity index (χ2v) is 5.76. The Labute approximate surface area is 138 Å². The molecule has 116 valence electrons. The van der Waals surface area contributed by atoms with E-state index in [1.807, 2.05) is 6.07 Å². The molecule has 0 atom stereocenters. The summed E-state index contributed by atoms with van der Waals surface area (Å²) in [6.07, 6.45) is 0. The summed E-state index contributed by atoms with van der Waals surface area (Å²) in [4.78, 5) is 36.5. The smallest absolute Gasteiger partial charge is 0.273 e. The summed E-state index contributed by atoms with van der Waals surface area (Å²) in [6.45, 7) is -0.278. The zero-order chi connectivity index (χ0) is 16.4. The molecule has 2 N–H and O–H groups in total. The quantitative estimate of drug-likeness (QED) is 0.737. The Balaban J connectivity index is 1.91. The average Bonchev–Trinajstić information content (AvgIpc) is 2.54. The van der Waals surface area contributed by atoms with Crippen molar-refractivity contribution in [1.82, 2.24) is 9.78 Å². The van der Waals surface area contributed by atoms with Gasteiger partial charge in [-0.2, -0.15) is 0 Å². The molecule has 2 aromatic carbocycles. The van der Waals surface area contributed by atoms with Crippen LogP contribution >= 0.6 is 15.9 Å². The van der Waals surface area contributed by atoms with E-state index >= 15 is 0 Å². The van der Waals surface area contributed by atoms with Gasteiger partial charge >= 0.3 is 0 Å². The van der Waals surface area contributed by atoms with E-state index in [-0.39, 0.29) is 11.9 Å². The molecular weight excluding hydrogens is 362 g/mol. The van der Waals surface area contributed by atoms with Gasteiger partial charge in [-0.3, -0.25) is 19.5 Å². The third-order valence-electron chi connectivity index (χ3n) is 3.33. The van der Waals surface area contributed by atoms with Crippen LogP contribution in [0.15, 0.2) is 62.6 Å². The third kappa shape index (κ3) is 3.09. The molecule has 0 aliphatic rings. The largest absolute Gasteiger partial charge is 0.323 e. The van der Waals surface area contributed by atoms with Crippen LogP contribution in [0.5, 0.6) is 0 Å². The van der Waals surface area contributed by atoms with Crippen LogP contribution in [0.1, 0.15) is 0 Å². The Bertz CT molecular complexity index is 1010. The monoisotopic (exact) mass is 373 g/mol. The van der Waals surface area contributed by atoms with Gasteiger partial charge in [0.2, 0.25) is 5.91 Å². The molecule has 3 aromatic rings. The predicted octanol–water partition coefficient (Wildman–Crippen LogP) is 2.09. The standard InChI is InChI=1S/C16H12BrN3O3/c17-12-7-3-4-8-13(12)18-14(21)9-20-16(23)11-6-2-1-5-10(11)15(22)19-20/h1-8H,9H2,(H,18,21)(H,19,22). The average molecular weight is 374 g/mol. The lowest BCUT2D eigenvalue weighted by Gasteiger charge is -2.09. The second kappa shape index (κ2) is 6.21. The lowest BCUT2D eigenvalue weighted by atomic mass is 10.2. The number of H-pyrrole nitrogens is 1. The van der Waals surface area contributed by atoms with Gasteiger partial charge in [-0.25, -0.2) is 4.68 Å². The molecular formula is C16H12BrN3O3. The van der Waals surface area contributed by atoms with Crippen LogP contribution in [-0.4, -0.2) is 15.7 Å². The van der Waals surface area contributed by atoms with Crippen molar-refractivity contribution in [2.75, 3.05) is 5.32 Å². The number of hydrogen-bond acceptors (Lipinski definition) is 3. The molecule has 1 aromatic heterocycles. The molecule has 6 nitrogen and oxygen atoms in total. The van der Waals surface area contributed by atoms with Crippen molar-refractivity contribution in [2.45, 2.75) is 6.54 Å². The molecule has 0 unspecified atom stereocenters. The number of para-hydroxylation sites is 1. The molecule has 23 heavy (non-hydrogen) atoms. The van der Waals surface area contributed by atoms with E-state index in [0.29, 0.717) is 11.1 Å². The first-order chi connectivity index (χ1) is 11.1. The summed E-state index contributed by atoms with van der Waals surface area (Å²) < 4.78 is 1.74. The van der Waals surface area contributed by atoms with Crippen LogP contribution in [0.2, 0.25) is 0 Å². The highest BCUT2D eigenvalue weighted by Gasteiger charge is 2.11. The number of fused-ring (bicyclic) bond motifs is 1. The summed E-state index contributed by atoms with van der Waals surface area (Å²) in [5, 5.41) is 5.70. The first-order valence-electron chi connectivity index (χ1n) is 6.82. The molecule has 0 bridgehead atoms. The molecule has 0 aliphatic heterocycles. The number of aromatic amines is 1. The van der Waals surface area contributed by atoms with Gasteiger partial charge in [0.1, 0.15) is 6.54 Å². The SMILES string of the molecule is O=C(Cn1[nH]c(=O)c2ccccc2c1=O)Nc1ccccc1Br. The number of nitrogens with zero attached hydrogens (tertiary/aromatic N) is 1. The van der Waals surface area contributed by atoms with Gasteiger partial charge in [0.25, 0.3) is 11.1 Å². The molecule has 0 aliphatic carbocycles. The van der Waals surface area contributed by atoms with Gasteiger partial charge in [-0.1, -0.05) is 24.3 Å². The Morgan fingerprint density at radius 2 is 1.70 bits per heavy atom. The lowest BCUT2D eigenvalue weighted by Crippen LogP contribution is -2.34. The van der Waals surface area contributed by atoms with Gasteiger partial charge in [0, 0.05) is 4.47 Å². The first kappa shape index (κ1) is 15.2. The Morgan fingerprint density at radius 3 is 2.43 bits per heavy atom. The van der Waals surface area contributed by atoms with Gasteiger partial charge < -0.3 is 5.32 Å². The third-order valence-corrected chi connectivity index (χ3v) is 4.02. The minimum Gasteiger partial charge on any atom is -0.323 e. The number of carbonyl (C=O) groups is 1. The highest BCUT2D eigenvalue weighted by atomic mass is 79.9. The van der Waals surface area contributed by atoms with E-state index in [4.69, 9.17) is 0 Å². The van der Waals surface area contributed by atoms with Crippen LogP contribution in [0, 0.1) is 0 Å². The van der Waals surface area contributed by atoms with E-state index in [9.17, 15) is 14.4 Å². The summed E-state index contributed by atoms with van der Waals surface area (Å²) in [7, 11) is 0. The highest BCUT2D eigenvalue weighted by molar-refractivity contribution is 9.10. The molecule has 7 heteroatoms. The Kier molecular flexibility index (Phi) is 4.12. The summed E-state index contributed by atoms with van der Waals surface area (Å²) in [5.41, 5.74) is -0.231. The Hall–Kier alpha value is -2.67. The molecule has 0 saturated carbocycles. The molecule has 0 radical (unpaired) electrons. The van der Waals surface area contributed by atoms with E-state index in [1.54, 1.807) is 42.5 Å². The summed E-state index contributed by atoms with van der Waals surface area (Å²) in [6, 6.07) is 13.6. The maximum absolute atomic E-state index is 12.3. The van der Waals surface area contributed by atoms with Crippen LogP contribution in [-0.2, 0) is 11.3 Å². The van der Waals surface area contributed by atoms with Crippen molar-refractivity contribution < 1.29 is 4.79 Å². The number of benzene rings is 2. The number of halogens is 1. The fourth-order valence-electron chi connectivity index (χ4n) is 2.25. The number of carbonyl (C=O) groups excluding carboxylic acids is 1. The predicted molar refractivity (Wildman–Crippen MR) is 91.6 cm³/mol. The van der Waals surface area contributed by atoms with Crippen LogP contribution in [0.25, 0.3) is 10.8 Å². The van der Waals surface area contributed by atoms with Crippen molar-refractivity contribution in [3.05, 3.63) is 73.7 Å². The topological polar surface area (TPSA) is 84.0 Å². The number of anilines is 1. The number of rotatable bonds is 3. The molecule has 0 spiro atoms. The maximum atomic E-state index is 12.3. The maximum Gasteiger partial charge on any atom is 0.273 e. The molecule has 1 heterocycles. The molecule has 1 amide bonds. The second-order valence-electron chi connectivity index (χ2n) is 4.91. The summed E-state index contributed by atoms with van der Waals surface area (Å²) in [5.74, 6) is -0.412. The van der Waals surface area contributed by atoms with Crippen LogP contribution < -0.4 is 16.4 Å². The number of hydrogen-bond donors (Lipinski definition) is 2. The molecule has 3 rings (SSSR count). The zero-order valence-corrected chi connectivity index (χ0v) is 13.5. The van der Waals surface area contributed by atoms with Crippen molar-refractivity contribution >= 4 is 38.3 Å². The fourth-order valence-corrected chi connectivity index (χ4v) is 2.64. The normalized spacial score (nSPS) is 10.7. The van der Waals surface area contributed by atoms with Crippen LogP contribution in [0.4, 0.5) is 5.69 Å². The highest BCUT2D eigenvalue weighted by Crippen LogP contribution is 2.20. The number of amides is 1. The van der Waals surface area contributed by atoms with E-state index in [1.165, 1.54) is 0 Å². The summed E-state index contributed by atoms with van der Waals surface area (Å²) >= 11 is 3.33. The van der Waals surface area contributed by atoms with Crippen molar-refractivity contribution in [2.24, 2.45) is 0 Å². The number of nitrogens with one attached hydrogen (secondary N) is 2. The van der Waals surface area contributed by atoms with E-state index in [0.717, 1.165) is 9.15 Å². The van der Waals surface area contributed by atoms with Gasteiger partial charge in [-0.05, 0) is 40.2 Å². The minimum absolute atomic E-state index is 0.278. The first-order valence-corrected chi connectivity index (χ1v) is 7.62. The van der Waals surface area contributed by atoms with Crippen molar-refractivity contribution in [3.63, 3.8) is 0 Å². The Morgan fingerprint density at radius 1 is 1.04 bits per heavy atom. The number of aromatic nitrogens is 2. The van der Waals surface area contributed by atoms with E-state index < -0.39 is 17.0 Å². The van der Waals surface area contributed by atoms with Gasteiger partial charge in [-0.15, -0.1) is 0 Å².